The van der Waals surface area contributed by atoms with Crippen LogP contribution in [0.25, 0.3) is 21.9 Å². The van der Waals surface area contributed by atoms with Gasteiger partial charge < -0.3 is 41.3 Å². The van der Waals surface area contributed by atoms with Crippen molar-refractivity contribution in [2.24, 2.45) is 0 Å². The summed E-state index contributed by atoms with van der Waals surface area (Å²) in [7, 11) is -2.51. The van der Waals surface area contributed by atoms with Crippen molar-refractivity contribution in [2.75, 3.05) is 27.4 Å². The van der Waals surface area contributed by atoms with Crippen molar-refractivity contribution >= 4 is 44.3 Å². The van der Waals surface area contributed by atoms with Crippen LogP contribution in [0.2, 0.25) is 0 Å². The number of hydrogen-bond acceptors (Lipinski definition) is 13. The first kappa shape index (κ1) is 32.2. The van der Waals surface area contributed by atoms with Crippen LogP contribution in [0.1, 0.15) is 44.7 Å². The monoisotopic (exact) mass is 653 g/mol. The van der Waals surface area contributed by atoms with Crippen molar-refractivity contribution in [3.63, 3.8) is 0 Å². The number of rotatable bonds is 13. The van der Waals surface area contributed by atoms with Gasteiger partial charge in [-0.15, -0.1) is 0 Å². The quantitative estimate of drug-likeness (QED) is 0.0886. The van der Waals surface area contributed by atoms with Crippen LogP contribution in [0.3, 0.4) is 0 Å². The normalized spacial score (nSPS) is 11.4. The van der Waals surface area contributed by atoms with Gasteiger partial charge in [0.15, 0.2) is 28.8 Å². The average Bonchev–Trinajstić information content (AvgIpc) is 3.54. The van der Waals surface area contributed by atoms with Gasteiger partial charge >= 0.3 is 11.9 Å². The number of hydrogen-bond donors (Lipinski definition) is 0. The number of esters is 2. The Balaban J connectivity index is 1.47. The van der Waals surface area contributed by atoms with E-state index in [9.17, 15) is 22.6 Å². The molecule has 0 spiro atoms. The first-order valence-corrected chi connectivity index (χ1v) is 15.3. The van der Waals surface area contributed by atoms with Crippen molar-refractivity contribution in [3.05, 3.63) is 82.8 Å². The van der Waals surface area contributed by atoms with Crippen LogP contribution in [0.5, 0.6) is 23.0 Å². The van der Waals surface area contributed by atoms with Crippen LogP contribution in [-0.2, 0) is 32.9 Å². The molecule has 0 aliphatic carbocycles. The Bertz CT molecular complexity index is 2010. The van der Waals surface area contributed by atoms with E-state index in [0.717, 1.165) is 11.6 Å². The highest BCUT2D eigenvalue weighted by Gasteiger charge is 2.27. The van der Waals surface area contributed by atoms with Crippen LogP contribution in [0.4, 0.5) is 0 Å². The maximum atomic E-state index is 13.1. The maximum Gasteiger partial charge on any atom is 0.342 e. The molecule has 0 atom stereocenters. The number of fused-ring (bicyclic) bond motifs is 2. The Labute approximate surface area is 263 Å². The van der Waals surface area contributed by atoms with E-state index in [4.69, 9.17) is 32.5 Å². The van der Waals surface area contributed by atoms with E-state index < -0.39 is 28.1 Å². The fourth-order valence-corrected chi connectivity index (χ4v) is 5.24. The molecule has 0 unspecified atom stereocenters. The molecule has 0 aliphatic heterocycles. The molecular formula is C32H29O13S-. The second-order valence-electron chi connectivity index (χ2n) is 9.80. The fourth-order valence-electron chi connectivity index (χ4n) is 4.89. The SMILES string of the molecule is CCOC(=O)c1c(COc2cc3c(C(=O)OCCc4ccccc4)c(C)oc3cc2OC)oc2cc(OC)c(OS(=O)(=O)[O-])cc12. The van der Waals surface area contributed by atoms with E-state index in [1.165, 1.54) is 20.3 Å². The summed E-state index contributed by atoms with van der Waals surface area (Å²) in [6, 6.07) is 15.1. The zero-order chi connectivity index (χ0) is 33.0. The van der Waals surface area contributed by atoms with Crippen LogP contribution in [-0.4, -0.2) is 52.3 Å². The van der Waals surface area contributed by atoms with Crippen molar-refractivity contribution in [3.8, 4) is 23.0 Å². The molecule has 13 nitrogen and oxygen atoms in total. The molecule has 0 aliphatic rings. The number of carbonyl (C=O) groups is 2. The molecule has 5 rings (SSSR count). The van der Waals surface area contributed by atoms with Gasteiger partial charge in [-0.3, -0.25) is 0 Å². The highest BCUT2D eigenvalue weighted by atomic mass is 32.3. The lowest BCUT2D eigenvalue weighted by atomic mass is 10.1. The van der Waals surface area contributed by atoms with Crippen molar-refractivity contribution in [1.82, 2.24) is 0 Å². The molecule has 46 heavy (non-hydrogen) atoms. The summed E-state index contributed by atoms with van der Waals surface area (Å²) < 4.78 is 77.6. The van der Waals surface area contributed by atoms with Gasteiger partial charge in [-0.1, -0.05) is 30.3 Å². The molecule has 0 amide bonds. The van der Waals surface area contributed by atoms with Gasteiger partial charge in [0.25, 0.3) is 10.4 Å². The molecule has 0 saturated carbocycles. The standard InChI is InChI=1S/C32H30O13S/c1-5-40-32(34)30-21-14-27(45-46(35,36)37)25(39-4)16-23(21)44-28(30)17-42-26-13-20-22(15-24(26)38-3)43-18(2)29(20)31(33)41-12-11-19-9-7-6-8-10-19/h6-10,13-16H,5,11-12,17H2,1-4H3,(H,35,36,37)/p-1. The van der Waals surface area contributed by atoms with Crippen LogP contribution >= 0.6 is 0 Å². The second-order valence-corrected chi connectivity index (χ2v) is 10.8. The lowest BCUT2D eigenvalue weighted by Gasteiger charge is -2.12. The second kappa shape index (κ2) is 13.4. The number of carbonyl (C=O) groups excluding carboxylic acids is 2. The van der Waals surface area contributed by atoms with Gasteiger partial charge in [0.2, 0.25) is 0 Å². The van der Waals surface area contributed by atoms with E-state index in [2.05, 4.69) is 4.18 Å². The van der Waals surface area contributed by atoms with Gasteiger partial charge in [0.05, 0.1) is 27.4 Å². The number of ether oxygens (including phenoxy) is 5. The molecule has 0 fully saturated rings. The minimum absolute atomic E-state index is 0.00343. The first-order chi connectivity index (χ1) is 22.0. The van der Waals surface area contributed by atoms with Crippen LogP contribution < -0.4 is 18.4 Å². The fraction of sp³-hybridized carbons (Fsp3) is 0.250. The summed E-state index contributed by atoms with van der Waals surface area (Å²) in [6.45, 7) is 3.10. The zero-order valence-electron chi connectivity index (χ0n) is 25.2. The van der Waals surface area contributed by atoms with Gasteiger partial charge in [-0.25, -0.2) is 18.0 Å². The third-order valence-electron chi connectivity index (χ3n) is 6.90. The number of aryl methyl sites for hydroxylation is 1. The molecule has 0 radical (unpaired) electrons. The topological polar surface area (TPSA) is 173 Å². The number of methoxy groups -OCH3 is 2. The summed E-state index contributed by atoms with van der Waals surface area (Å²) in [6.07, 6.45) is 0.538. The molecular weight excluding hydrogens is 624 g/mol. The summed E-state index contributed by atoms with van der Waals surface area (Å²) in [5, 5.41) is 0.503. The number of furan rings is 2. The molecule has 3 aromatic carbocycles. The Morgan fingerprint density at radius 3 is 2.07 bits per heavy atom. The minimum Gasteiger partial charge on any atom is -0.716 e. The lowest BCUT2D eigenvalue weighted by molar-refractivity contribution is 0.0504. The highest BCUT2D eigenvalue weighted by Crippen LogP contribution is 2.40. The smallest absolute Gasteiger partial charge is 0.342 e. The Morgan fingerprint density at radius 1 is 0.804 bits per heavy atom. The van der Waals surface area contributed by atoms with Crippen molar-refractivity contribution in [1.29, 1.82) is 0 Å². The molecule has 0 saturated heterocycles. The van der Waals surface area contributed by atoms with E-state index in [-0.39, 0.29) is 64.9 Å². The van der Waals surface area contributed by atoms with Gasteiger partial charge in [0.1, 0.15) is 34.7 Å². The Hall–Kier alpha value is -5.21. The average molecular weight is 654 g/mol. The zero-order valence-corrected chi connectivity index (χ0v) is 26.1. The summed E-state index contributed by atoms with van der Waals surface area (Å²) in [5.74, 6) is -1.16. The summed E-state index contributed by atoms with van der Waals surface area (Å²) in [4.78, 5) is 26.1. The molecule has 2 heterocycles. The van der Waals surface area contributed by atoms with Crippen molar-refractivity contribution < 1.29 is 59.3 Å². The van der Waals surface area contributed by atoms with E-state index in [1.807, 2.05) is 30.3 Å². The van der Waals surface area contributed by atoms with Crippen LogP contribution in [0.15, 0.2) is 63.4 Å². The first-order valence-electron chi connectivity index (χ1n) is 13.9. The van der Waals surface area contributed by atoms with Crippen LogP contribution in [0, 0.1) is 6.92 Å². The molecule has 2 aromatic heterocycles. The van der Waals surface area contributed by atoms with E-state index in [1.54, 1.807) is 26.0 Å². The summed E-state index contributed by atoms with van der Waals surface area (Å²) in [5.41, 5.74) is 1.62. The van der Waals surface area contributed by atoms with Gasteiger partial charge in [-0.2, -0.15) is 0 Å². The Morgan fingerprint density at radius 2 is 1.41 bits per heavy atom. The maximum absolute atomic E-state index is 13.1. The molecule has 242 valence electrons. The minimum atomic E-state index is -5.17. The molecule has 0 bridgehead atoms. The molecule has 0 N–H and O–H groups in total. The Kier molecular flexibility index (Phi) is 9.39. The van der Waals surface area contributed by atoms with Gasteiger partial charge in [0, 0.05) is 29.3 Å². The highest BCUT2D eigenvalue weighted by molar-refractivity contribution is 7.81. The van der Waals surface area contributed by atoms with E-state index in [0.29, 0.717) is 23.2 Å². The molecule has 5 aromatic rings. The van der Waals surface area contributed by atoms with E-state index >= 15 is 0 Å². The van der Waals surface area contributed by atoms with Crippen molar-refractivity contribution in [2.45, 2.75) is 26.9 Å². The number of benzene rings is 3. The lowest BCUT2D eigenvalue weighted by Crippen LogP contribution is -2.10. The third-order valence-corrected chi connectivity index (χ3v) is 7.28. The predicted octanol–water partition coefficient (Wildman–Crippen LogP) is 5.50. The predicted molar refractivity (Wildman–Crippen MR) is 161 cm³/mol. The summed E-state index contributed by atoms with van der Waals surface area (Å²) >= 11 is 0. The molecule has 14 heteroatoms. The third kappa shape index (κ3) is 6.87. The van der Waals surface area contributed by atoms with Gasteiger partial charge in [-0.05, 0) is 31.5 Å². The largest absolute Gasteiger partial charge is 0.716 e.